The van der Waals surface area contributed by atoms with Crippen molar-refractivity contribution in [1.29, 1.82) is 0 Å². The van der Waals surface area contributed by atoms with Gasteiger partial charge in [-0.2, -0.15) is 5.10 Å². The topological polar surface area (TPSA) is 18.8 Å². The van der Waals surface area contributed by atoms with Crippen molar-refractivity contribution >= 4 is 22.5 Å². The van der Waals surface area contributed by atoms with E-state index >= 15 is 0 Å². The number of hydrogen-bond acceptors (Lipinski definition) is 3. The lowest BCUT2D eigenvalue weighted by molar-refractivity contribution is 0.166. The van der Waals surface area contributed by atoms with Gasteiger partial charge in [-0.3, -0.25) is 8.93 Å². The predicted octanol–water partition coefficient (Wildman–Crippen LogP) is 3.95. The van der Waals surface area contributed by atoms with Crippen LogP contribution in [-0.4, -0.2) is 28.0 Å². The van der Waals surface area contributed by atoms with Gasteiger partial charge < -0.3 is 0 Å². The van der Waals surface area contributed by atoms with E-state index in [4.69, 9.17) is 0 Å². The van der Waals surface area contributed by atoms with E-state index < -0.39 is 0 Å². The molecule has 0 spiro atoms. The van der Waals surface area contributed by atoms with Gasteiger partial charge in [0, 0.05) is 6.54 Å². The van der Waals surface area contributed by atoms with Crippen LogP contribution in [0.15, 0.2) is 5.10 Å². The van der Waals surface area contributed by atoms with Crippen LogP contribution < -0.4 is 0 Å². The molecule has 1 heterocycles. The summed E-state index contributed by atoms with van der Waals surface area (Å²) < 4.78 is 2.06. The summed E-state index contributed by atoms with van der Waals surface area (Å²) >= 11 is 3.54. The summed E-state index contributed by atoms with van der Waals surface area (Å²) in [5.74, 6) is 0. The lowest BCUT2D eigenvalue weighted by Crippen LogP contribution is -2.35. The van der Waals surface area contributed by atoms with Crippen LogP contribution in [0.4, 0.5) is 0 Å². The van der Waals surface area contributed by atoms with E-state index in [2.05, 4.69) is 44.0 Å². The molecule has 0 aromatic rings. The maximum Gasteiger partial charge on any atom is 0.129 e. The third kappa shape index (κ3) is 4.32. The third-order valence-electron chi connectivity index (χ3n) is 3.00. The predicted molar refractivity (Wildman–Crippen MR) is 73.4 cm³/mol. The van der Waals surface area contributed by atoms with Gasteiger partial charge in [-0.15, -0.1) is 0 Å². The van der Waals surface area contributed by atoms with E-state index in [0.29, 0.717) is 6.17 Å². The van der Waals surface area contributed by atoms with E-state index in [9.17, 15) is 0 Å². The van der Waals surface area contributed by atoms with Crippen molar-refractivity contribution in [2.24, 2.45) is 5.10 Å². The molecule has 1 atom stereocenters. The zero-order chi connectivity index (χ0) is 11.8. The van der Waals surface area contributed by atoms with Gasteiger partial charge in [0.25, 0.3) is 0 Å². The Balaban J connectivity index is 2.24. The fraction of sp³-hybridized carbons (Fsp3) is 0.917. The largest absolute Gasteiger partial charge is 0.274 e. The maximum absolute atomic E-state index is 4.44. The highest BCUT2D eigenvalue weighted by Gasteiger charge is 2.25. The second-order valence-corrected chi connectivity index (χ2v) is 5.24. The molecule has 1 aliphatic heterocycles. The Morgan fingerprint density at radius 1 is 1.12 bits per heavy atom. The molecule has 0 fully saturated rings. The molecule has 0 saturated heterocycles. The summed E-state index contributed by atoms with van der Waals surface area (Å²) in [5.41, 5.74) is 0. The molecule has 1 rings (SSSR count). The van der Waals surface area contributed by atoms with Gasteiger partial charge in [0.2, 0.25) is 0 Å². The Morgan fingerprint density at radius 2 is 1.88 bits per heavy atom. The van der Waals surface area contributed by atoms with E-state index in [1.165, 1.54) is 44.9 Å². The Morgan fingerprint density at radius 3 is 2.56 bits per heavy atom. The van der Waals surface area contributed by atoms with E-state index in [1.54, 1.807) is 0 Å². The standard InChI is InChI=1S/C12H24BrN3/c1-3-5-7-8-10-16-12(9-6-4-2)15(13)11-14-16/h11-12H,3-10H2,1-2H3. The third-order valence-corrected chi connectivity index (χ3v) is 3.65. The number of hydrogen-bond donors (Lipinski definition) is 0. The fourth-order valence-electron chi connectivity index (χ4n) is 1.96. The second-order valence-electron chi connectivity index (χ2n) is 4.42. The Labute approximate surface area is 108 Å². The van der Waals surface area contributed by atoms with Crippen molar-refractivity contribution in [3.63, 3.8) is 0 Å². The molecule has 0 radical (unpaired) electrons. The Bertz CT molecular complexity index is 208. The molecule has 4 heteroatoms. The first-order valence-corrected chi connectivity index (χ1v) is 7.25. The van der Waals surface area contributed by atoms with Crippen LogP contribution in [-0.2, 0) is 0 Å². The zero-order valence-corrected chi connectivity index (χ0v) is 12.1. The van der Waals surface area contributed by atoms with E-state index in [0.717, 1.165) is 6.54 Å². The summed E-state index contributed by atoms with van der Waals surface area (Å²) in [6.07, 6.45) is 11.3. The van der Waals surface area contributed by atoms with Gasteiger partial charge in [0.15, 0.2) is 0 Å². The smallest absolute Gasteiger partial charge is 0.129 e. The first-order chi connectivity index (χ1) is 7.79. The minimum absolute atomic E-state index is 0.432. The highest BCUT2D eigenvalue weighted by atomic mass is 79.9. The summed E-state index contributed by atoms with van der Waals surface area (Å²) in [6.45, 7) is 5.57. The molecule has 3 nitrogen and oxygen atoms in total. The molecule has 94 valence electrons. The summed E-state index contributed by atoms with van der Waals surface area (Å²) in [6, 6.07) is 0. The van der Waals surface area contributed by atoms with E-state index in [1.807, 2.05) is 6.34 Å². The number of nitrogens with zero attached hydrogens (tertiary/aromatic N) is 3. The van der Waals surface area contributed by atoms with Crippen molar-refractivity contribution in [3.05, 3.63) is 0 Å². The van der Waals surface area contributed by atoms with Gasteiger partial charge in [-0.05, 0) is 19.3 Å². The molecular weight excluding hydrogens is 266 g/mol. The van der Waals surface area contributed by atoms with Crippen LogP contribution in [0.3, 0.4) is 0 Å². The van der Waals surface area contributed by atoms with Gasteiger partial charge in [0.1, 0.15) is 12.5 Å². The first kappa shape index (κ1) is 13.8. The number of rotatable bonds is 8. The normalized spacial score (nSPS) is 19.8. The summed E-state index contributed by atoms with van der Waals surface area (Å²) in [4.78, 5) is 0. The van der Waals surface area contributed by atoms with Crippen LogP contribution >= 0.6 is 16.1 Å². The molecule has 0 aliphatic carbocycles. The highest BCUT2D eigenvalue weighted by Crippen LogP contribution is 2.21. The number of hydrazone groups is 1. The van der Waals surface area contributed by atoms with Crippen LogP contribution in [0.1, 0.15) is 58.8 Å². The van der Waals surface area contributed by atoms with Crippen molar-refractivity contribution < 1.29 is 0 Å². The molecule has 0 aromatic carbocycles. The summed E-state index contributed by atoms with van der Waals surface area (Å²) in [7, 11) is 0. The quantitative estimate of drug-likeness (QED) is 0.498. The minimum atomic E-state index is 0.432. The second kappa shape index (κ2) is 7.93. The molecule has 0 amide bonds. The van der Waals surface area contributed by atoms with Gasteiger partial charge >= 0.3 is 0 Å². The van der Waals surface area contributed by atoms with Crippen LogP contribution in [0, 0.1) is 0 Å². The molecule has 0 saturated carbocycles. The Kier molecular flexibility index (Phi) is 6.85. The zero-order valence-electron chi connectivity index (χ0n) is 10.5. The average molecular weight is 290 g/mol. The molecule has 16 heavy (non-hydrogen) atoms. The lowest BCUT2D eigenvalue weighted by atomic mass is 10.2. The van der Waals surface area contributed by atoms with Crippen LogP contribution in [0.25, 0.3) is 0 Å². The molecule has 1 unspecified atom stereocenters. The molecule has 0 aromatic heterocycles. The van der Waals surface area contributed by atoms with Gasteiger partial charge in [-0.1, -0.05) is 39.5 Å². The van der Waals surface area contributed by atoms with Crippen molar-refractivity contribution in [3.8, 4) is 0 Å². The van der Waals surface area contributed by atoms with Crippen molar-refractivity contribution in [1.82, 2.24) is 8.93 Å². The van der Waals surface area contributed by atoms with E-state index in [-0.39, 0.29) is 0 Å². The van der Waals surface area contributed by atoms with Gasteiger partial charge in [-0.25, -0.2) is 0 Å². The molecular formula is C12H24BrN3. The first-order valence-electron chi connectivity index (χ1n) is 6.54. The highest BCUT2D eigenvalue weighted by molar-refractivity contribution is 9.07. The van der Waals surface area contributed by atoms with Crippen LogP contribution in [0.2, 0.25) is 0 Å². The number of halogens is 1. The maximum atomic E-state index is 4.44. The number of unbranched alkanes of at least 4 members (excludes halogenated alkanes) is 4. The monoisotopic (exact) mass is 289 g/mol. The fourth-order valence-corrected chi connectivity index (χ4v) is 2.46. The SMILES string of the molecule is CCCCCCN1N=CN(Br)C1CCCC. The summed E-state index contributed by atoms with van der Waals surface area (Å²) in [5, 5.41) is 6.66. The Hall–Kier alpha value is -0.250. The average Bonchev–Trinajstić information content (AvgIpc) is 2.63. The van der Waals surface area contributed by atoms with Crippen molar-refractivity contribution in [2.75, 3.05) is 6.54 Å². The van der Waals surface area contributed by atoms with Crippen LogP contribution in [0.5, 0.6) is 0 Å². The van der Waals surface area contributed by atoms with Crippen molar-refractivity contribution in [2.45, 2.75) is 65.0 Å². The lowest BCUT2D eigenvalue weighted by Gasteiger charge is -2.26. The molecule has 0 N–H and O–H groups in total. The molecule has 1 aliphatic rings. The van der Waals surface area contributed by atoms with Gasteiger partial charge in [0.05, 0.1) is 16.1 Å². The minimum Gasteiger partial charge on any atom is -0.274 e. The molecule has 0 bridgehead atoms.